The number of hydrogen-bond donors (Lipinski definition) is 1. The summed E-state index contributed by atoms with van der Waals surface area (Å²) in [6, 6.07) is 0. The van der Waals surface area contributed by atoms with Crippen LogP contribution in [-0.2, 0) is 6.54 Å². The van der Waals surface area contributed by atoms with Crippen LogP contribution < -0.4 is 5.73 Å². The Balaban J connectivity index is 2.61. The molecule has 1 aromatic rings. The number of rotatable bonds is 5. The van der Waals surface area contributed by atoms with Gasteiger partial charge in [0.1, 0.15) is 0 Å². The number of nitrogens with zero attached hydrogens (tertiary/aromatic N) is 4. The van der Waals surface area contributed by atoms with Gasteiger partial charge in [-0.05, 0) is 33.0 Å². The molecular formula is C10H21N5. The quantitative estimate of drug-likeness (QED) is 0.787. The molecule has 5 heteroatoms. The summed E-state index contributed by atoms with van der Waals surface area (Å²) in [7, 11) is 4.14. The summed E-state index contributed by atoms with van der Waals surface area (Å²) in [5.74, 6) is 0.939. The number of nitrogen functional groups attached to an aromatic ring is 1. The lowest BCUT2D eigenvalue weighted by atomic mass is 10.1. The predicted molar refractivity (Wildman–Crippen MR) is 61.7 cm³/mol. The monoisotopic (exact) mass is 211 g/mol. The Labute approximate surface area is 91.2 Å². The third-order valence-corrected chi connectivity index (χ3v) is 2.32. The first-order valence-electron chi connectivity index (χ1n) is 5.36. The molecular weight excluding hydrogens is 190 g/mol. The van der Waals surface area contributed by atoms with Gasteiger partial charge in [0.2, 0.25) is 0 Å². The maximum absolute atomic E-state index is 5.77. The van der Waals surface area contributed by atoms with Crippen LogP contribution >= 0.6 is 0 Å². The number of hydrogen-bond acceptors (Lipinski definition) is 4. The summed E-state index contributed by atoms with van der Waals surface area (Å²) in [4.78, 5) is 2.16. The van der Waals surface area contributed by atoms with E-state index in [1.807, 2.05) is 4.68 Å². The first-order chi connectivity index (χ1) is 7.02. The zero-order valence-corrected chi connectivity index (χ0v) is 10.1. The van der Waals surface area contributed by atoms with Gasteiger partial charge in [0, 0.05) is 6.54 Å². The highest BCUT2D eigenvalue weighted by atomic mass is 15.4. The van der Waals surface area contributed by atoms with Crippen LogP contribution in [-0.4, -0.2) is 40.5 Å². The number of anilines is 1. The van der Waals surface area contributed by atoms with Gasteiger partial charge in [-0.1, -0.05) is 19.1 Å². The van der Waals surface area contributed by atoms with E-state index >= 15 is 0 Å². The first kappa shape index (κ1) is 12.0. The molecule has 0 bridgehead atoms. The normalized spacial score (nSPS) is 11.6. The van der Waals surface area contributed by atoms with Crippen molar-refractivity contribution in [1.29, 1.82) is 0 Å². The van der Waals surface area contributed by atoms with E-state index < -0.39 is 0 Å². The molecule has 0 atom stereocenters. The average molecular weight is 211 g/mol. The molecule has 1 aromatic heterocycles. The smallest absolute Gasteiger partial charge is 0.169 e. The standard InChI is InChI=1S/C10H21N5/c1-8(2)9-10(11)12-13-15(9)7-5-6-14(3)4/h8H,5-7,11H2,1-4H3. The van der Waals surface area contributed by atoms with Crippen LogP contribution in [0.2, 0.25) is 0 Å². The van der Waals surface area contributed by atoms with Crippen molar-refractivity contribution in [3.05, 3.63) is 5.69 Å². The van der Waals surface area contributed by atoms with Gasteiger partial charge in [-0.2, -0.15) is 0 Å². The first-order valence-corrected chi connectivity index (χ1v) is 5.36. The van der Waals surface area contributed by atoms with Crippen LogP contribution in [0.3, 0.4) is 0 Å². The lowest BCUT2D eigenvalue weighted by Gasteiger charge is -2.12. The fourth-order valence-corrected chi connectivity index (χ4v) is 1.63. The third kappa shape index (κ3) is 3.20. The molecule has 86 valence electrons. The molecule has 0 amide bonds. The Morgan fingerprint density at radius 1 is 1.40 bits per heavy atom. The summed E-state index contributed by atoms with van der Waals surface area (Å²) in [5.41, 5.74) is 6.82. The summed E-state index contributed by atoms with van der Waals surface area (Å²) in [6.07, 6.45) is 1.06. The second-order valence-electron chi connectivity index (χ2n) is 4.39. The Hall–Kier alpha value is -1.10. The highest BCUT2D eigenvalue weighted by Gasteiger charge is 2.13. The van der Waals surface area contributed by atoms with Crippen molar-refractivity contribution >= 4 is 5.82 Å². The Morgan fingerprint density at radius 2 is 2.07 bits per heavy atom. The van der Waals surface area contributed by atoms with Crippen LogP contribution in [0, 0.1) is 0 Å². The van der Waals surface area contributed by atoms with E-state index in [0.717, 1.165) is 25.2 Å². The minimum absolute atomic E-state index is 0.374. The Morgan fingerprint density at radius 3 is 2.60 bits per heavy atom. The summed E-state index contributed by atoms with van der Waals surface area (Å²) in [6.45, 7) is 6.15. The van der Waals surface area contributed by atoms with Crippen LogP contribution in [0.25, 0.3) is 0 Å². The van der Waals surface area contributed by atoms with Gasteiger partial charge in [0.05, 0.1) is 5.69 Å². The predicted octanol–water partition coefficient (Wildman–Crippen LogP) is 0.935. The van der Waals surface area contributed by atoms with Crippen molar-refractivity contribution in [3.63, 3.8) is 0 Å². The highest BCUT2D eigenvalue weighted by molar-refractivity contribution is 5.34. The van der Waals surface area contributed by atoms with Gasteiger partial charge in [0.25, 0.3) is 0 Å². The van der Waals surface area contributed by atoms with E-state index in [0.29, 0.717) is 11.7 Å². The topological polar surface area (TPSA) is 60.0 Å². The van der Waals surface area contributed by atoms with Crippen molar-refractivity contribution in [2.45, 2.75) is 32.7 Å². The maximum atomic E-state index is 5.77. The molecule has 15 heavy (non-hydrogen) atoms. The van der Waals surface area contributed by atoms with E-state index in [1.54, 1.807) is 0 Å². The Kier molecular flexibility index (Phi) is 4.08. The van der Waals surface area contributed by atoms with Crippen molar-refractivity contribution in [1.82, 2.24) is 19.9 Å². The maximum Gasteiger partial charge on any atom is 0.169 e. The zero-order chi connectivity index (χ0) is 11.4. The lowest BCUT2D eigenvalue weighted by Crippen LogP contribution is -2.16. The molecule has 0 aliphatic rings. The number of nitrogens with two attached hydrogens (primary N) is 1. The van der Waals surface area contributed by atoms with Crippen molar-refractivity contribution in [2.24, 2.45) is 0 Å². The molecule has 0 saturated heterocycles. The van der Waals surface area contributed by atoms with Gasteiger partial charge >= 0.3 is 0 Å². The minimum atomic E-state index is 0.374. The molecule has 1 rings (SSSR count). The molecule has 5 nitrogen and oxygen atoms in total. The van der Waals surface area contributed by atoms with E-state index in [1.165, 1.54) is 0 Å². The van der Waals surface area contributed by atoms with Crippen LogP contribution in [0.15, 0.2) is 0 Å². The molecule has 0 saturated carbocycles. The van der Waals surface area contributed by atoms with Crippen molar-refractivity contribution in [2.75, 3.05) is 26.4 Å². The highest BCUT2D eigenvalue weighted by Crippen LogP contribution is 2.18. The van der Waals surface area contributed by atoms with Gasteiger partial charge in [0.15, 0.2) is 5.82 Å². The van der Waals surface area contributed by atoms with E-state index in [4.69, 9.17) is 5.73 Å². The van der Waals surface area contributed by atoms with Crippen molar-refractivity contribution < 1.29 is 0 Å². The summed E-state index contributed by atoms with van der Waals surface area (Å²) >= 11 is 0. The van der Waals surface area contributed by atoms with Crippen LogP contribution in [0.5, 0.6) is 0 Å². The average Bonchev–Trinajstić information content (AvgIpc) is 2.46. The molecule has 0 radical (unpaired) electrons. The summed E-state index contributed by atoms with van der Waals surface area (Å²) < 4.78 is 1.92. The zero-order valence-electron chi connectivity index (χ0n) is 10.1. The third-order valence-electron chi connectivity index (χ3n) is 2.32. The van der Waals surface area contributed by atoms with Gasteiger partial charge in [-0.25, -0.2) is 4.68 Å². The second kappa shape index (κ2) is 5.11. The molecule has 0 aromatic carbocycles. The second-order valence-corrected chi connectivity index (χ2v) is 4.39. The molecule has 0 fully saturated rings. The van der Waals surface area contributed by atoms with Gasteiger partial charge < -0.3 is 10.6 Å². The summed E-state index contributed by atoms with van der Waals surface area (Å²) in [5, 5.41) is 7.97. The molecule has 0 unspecified atom stereocenters. The molecule has 2 N–H and O–H groups in total. The lowest BCUT2D eigenvalue weighted by molar-refractivity contribution is 0.375. The van der Waals surface area contributed by atoms with Crippen LogP contribution in [0.1, 0.15) is 31.9 Å². The van der Waals surface area contributed by atoms with Gasteiger partial charge in [-0.15, -0.1) is 5.10 Å². The Bertz CT molecular complexity index is 303. The molecule has 1 heterocycles. The fourth-order valence-electron chi connectivity index (χ4n) is 1.63. The number of aromatic nitrogens is 3. The SMILES string of the molecule is CC(C)c1c(N)nnn1CCCN(C)C. The van der Waals surface area contributed by atoms with E-state index in [9.17, 15) is 0 Å². The minimum Gasteiger partial charge on any atom is -0.381 e. The molecule has 0 spiro atoms. The molecule has 0 aliphatic carbocycles. The van der Waals surface area contributed by atoms with Crippen molar-refractivity contribution in [3.8, 4) is 0 Å². The van der Waals surface area contributed by atoms with Gasteiger partial charge in [-0.3, -0.25) is 0 Å². The largest absolute Gasteiger partial charge is 0.381 e. The molecule has 0 aliphatic heterocycles. The van der Waals surface area contributed by atoms with E-state index in [2.05, 4.69) is 43.2 Å². The van der Waals surface area contributed by atoms with Crippen LogP contribution in [0.4, 0.5) is 5.82 Å². The van der Waals surface area contributed by atoms with E-state index in [-0.39, 0.29) is 0 Å². The number of aryl methyl sites for hydroxylation is 1. The fraction of sp³-hybridized carbons (Fsp3) is 0.800.